The van der Waals surface area contributed by atoms with Crippen molar-refractivity contribution in [2.45, 2.75) is 39.3 Å². The molecule has 0 bridgehead atoms. The molecule has 1 atom stereocenters. The number of carbonyl (C=O) groups excluding carboxylic acids is 1. The lowest BCUT2D eigenvalue weighted by atomic mass is 10.2. The highest BCUT2D eigenvalue weighted by Crippen LogP contribution is 2.23. The van der Waals surface area contributed by atoms with Crippen molar-refractivity contribution in [1.29, 1.82) is 0 Å². The van der Waals surface area contributed by atoms with Crippen molar-refractivity contribution in [2.75, 3.05) is 13.2 Å². The van der Waals surface area contributed by atoms with E-state index in [9.17, 15) is 4.79 Å². The van der Waals surface area contributed by atoms with Gasteiger partial charge in [0.1, 0.15) is 5.56 Å². The maximum Gasteiger partial charge on any atom is 0.256 e. The van der Waals surface area contributed by atoms with Crippen LogP contribution < -0.4 is 5.32 Å². The Morgan fingerprint density at radius 1 is 1.46 bits per heavy atom. The van der Waals surface area contributed by atoms with Gasteiger partial charge in [0.05, 0.1) is 23.7 Å². The van der Waals surface area contributed by atoms with E-state index in [2.05, 4.69) is 20.5 Å². The molecule has 4 heterocycles. The van der Waals surface area contributed by atoms with Crippen molar-refractivity contribution in [3.63, 3.8) is 0 Å². The van der Waals surface area contributed by atoms with Crippen molar-refractivity contribution in [2.24, 2.45) is 0 Å². The van der Waals surface area contributed by atoms with Gasteiger partial charge in [-0.25, -0.2) is 9.50 Å². The fraction of sp³-hybridized carbons (Fsp3) is 0.444. The van der Waals surface area contributed by atoms with E-state index in [4.69, 9.17) is 4.74 Å². The maximum atomic E-state index is 12.6. The van der Waals surface area contributed by atoms with E-state index in [1.54, 1.807) is 16.9 Å². The minimum Gasteiger partial charge on any atom is -0.376 e. The molecule has 1 unspecified atom stereocenters. The Kier molecular flexibility index (Phi) is 4.42. The molecule has 3 aromatic heterocycles. The lowest BCUT2D eigenvalue weighted by molar-refractivity contribution is 0.0859. The number of hydrogen-bond donors (Lipinski definition) is 1. The average Bonchev–Trinajstić information content (AvgIpc) is 3.38. The topological polar surface area (TPSA) is 86.3 Å². The van der Waals surface area contributed by atoms with Crippen molar-refractivity contribution in [3.05, 3.63) is 35.9 Å². The van der Waals surface area contributed by atoms with E-state index < -0.39 is 0 Å². The quantitative estimate of drug-likeness (QED) is 0.755. The van der Waals surface area contributed by atoms with Crippen LogP contribution in [0.3, 0.4) is 0 Å². The predicted molar refractivity (Wildman–Crippen MR) is 95.9 cm³/mol. The lowest BCUT2D eigenvalue weighted by Gasteiger charge is -2.10. The summed E-state index contributed by atoms with van der Waals surface area (Å²) in [5, 5.41) is 11.8. The van der Waals surface area contributed by atoms with Crippen LogP contribution in [0.2, 0.25) is 0 Å². The molecular weight excluding hydrogens is 332 g/mol. The zero-order valence-electron chi connectivity index (χ0n) is 15.0. The van der Waals surface area contributed by atoms with E-state index in [0.29, 0.717) is 17.8 Å². The zero-order valence-corrected chi connectivity index (χ0v) is 15.0. The summed E-state index contributed by atoms with van der Waals surface area (Å²) in [5.74, 6) is -0.180. The molecule has 1 aliphatic heterocycles. The van der Waals surface area contributed by atoms with Gasteiger partial charge in [0.2, 0.25) is 0 Å². The first-order valence-corrected chi connectivity index (χ1v) is 8.94. The summed E-state index contributed by atoms with van der Waals surface area (Å²) in [4.78, 5) is 16.9. The molecule has 1 amide bonds. The van der Waals surface area contributed by atoms with Crippen LogP contribution >= 0.6 is 0 Å². The fourth-order valence-electron chi connectivity index (χ4n) is 3.29. The molecule has 0 saturated carbocycles. The Labute approximate surface area is 151 Å². The molecule has 1 fully saturated rings. The number of hydrogen-bond acceptors (Lipinski definition) is 5. The summed E-state index contributed by atoms with van der Waals surface area (Å²) in [6, 6.07) is 1.89. The third-order valence-electron chi connectivity index (χ3n) is 4.71. The second-order valence-corrected chi connectivity index (χ2v) is 6.45. The first-order valence-electron chi connectivity index (χ1n) is 8.94. The first kappa shape index (κ1) is 16.7. The SMILES string of the molecule is CCn1cc(-c2ccnc3c(C(=O)NCC4CCCO4)cnn23)c(C)n1. The van der Waals surface area contributed by atoms with E-state index in [1.165, 1.54) is 0 Å². The standard InChI is InChI=1S/C18H22N6O2/c1-3-23-11-15(12(2)22-23)16-6-7-19-17-14(10-21-24(16)17)18(25)20-9-13-5-4-8-26-13/h6-7,10-11,13H,3-5,8-9H2,1-2H3,(H,20,25). The Morgan fingerprint density at radius 2 is 2.35 bits per heavy atom. The fourth-order valence-corrected chi connectivity index (χ4v) is 3.29. The van der Waals surface area contributed by atoms with Crippen molar-refractivity contribution in [3.8, 4) is 11.3 Å². The molecule has 3 aromatic rings. The minimum atomic E-state index is -0.180. The van der Waals surface area contributed by atoms with Gasteiger partial charge in [-0.2, -0.15) is 10.2 Å². The van der Waals surface area contributed by atoms with Gasteiger partial charge < -0.3 is 10.1 Å². The Balaban J connectivity index is 1.64. The largest absolute Gasteiger partial charge is 0.376 e. The van der Waals surface area contributed by atoms with Crippen LogP contribution in [0.25, 0.3) is 16.9 Å². The predicted octanol–water partition coefficient (Wildman–Crippen LogP) is 1.83. The summed E-state index contributed by atoms with van der Waals surface area (Å²) in [6.45, 7) is 6.09. The Morgan fingerprint density at radius 3 is 3.08 bits per heavy atom. The molecule has 136 valence electrons. The summed E-state index contributed by atoms with van der Waals surface area (Å²) in [6.07, 6.45) is 7.39. The highest BCUT2D eigenvalue weighted by Gasteiger charge is 2.20. The number of aryl methyl sites for hydroxylation is 2. The summed E-state index contributed by atoms with van der Waals surface area (Å²) in [7, 11) is 0. The summed E-state index contributed by atoms with van der Waals surface area (Å²) < 4.78 is 9.13. The molecular formula is C18H22N6O2. The van der Waals surface area contributed by atoms with Crippen LogP contribution in [0.15, 0.2) is 24.7 Å². The van der Waals surface area contributed by atoms with Gasteiger partial charge in [0.25, 0.3) is 5.91 Å². The van der Waals surface area contributed by atoms with Gasteiger partial charge in [-0.15, -0.1) is 0 Å². The summed E-state index contributed by atoms with van der Waals surface area (Å²) in [5.41, 5.74) is 3.76. The van der Waals surface area contributed by atoms with E-state index in [-0.39, 0.29) is 12.0 Å². The number of carbonyl (C=O) groups is 1. The Bertz CT molecular complexity index is 938. The minimum absolute atomic E-state index is 0.104. The van der Waals surface area contributed by atoms with Gasteiger partial charge in [-0.05, 0) is 32.8 Å². The molecule has 1 saturated heterocycles. The highest BCUT2D eigenvalue weighted by molar-refractivity contribution is 5.99. The molecule has 0 aromatic carbocycles. The molecule has 8 nitrogen and oxygen atoms in total. The van der Waals surface area contributed by atoms with E-state index in [1.807, 2.05) is 30.8 Å². The molecule has 26 heavy (non-hydrogen) atoms. The smallest absolute Gasteiger partial charge is 0.256 e. The molecule has 0 aliphatic carbocycles. The van der Waals surface area contributed by atoms with Gasteiger partial charge in [-0.3, -0.25) is 9.48 Å². The maximum absolute atomic E-state index is 12.6. The molecule has 1 aliphatic rings. The van der Waals surface area contributed by atoms with Crippen LogP contribution in [0, 0.1) is 6.92 Å². The number of nitrogens with zero attached hydrogens (tertiary/aromatic N) is 5. The van der Waals surface area contributed by atoms with Crippen LogP contribution in [-0.4, -0.2) is 49.5 Å². The van der Waals surface area contributed by atoms with Crippen molar-refractivity contribution >= 4 is 11.6 Å². The molecule has 4 rings (SSSR count). The molecule has 1 N–H and O–H groups in total. The first-order chi connectivity index (χ1) is 12.7. The lowest BCUT2D eigenvalue weighted by Crippen LogP contribution is -2.31. The van der Waals surface area contributed by atoms with E-state index in [0.717, 1.165) is 42.9 Å². The monoisotopic (exact) mass is 354 g/mol. The average molecular weight is 354 g/mol. The second-order valence-electron chi connectivity index (χ2n) is 6.45. The number of amides is 1. The number of ether oxygens (including phenoxy) is 1. The Hall–Kier alpha value is -2.74. The third kappa shape index (κ3) is 2.96. The third-order valence-corrected chi connectivity index (χ3v) is 4.71. The van der Waals surface area contributed by atoms with Gasteiger partial charge in [0, 0.05) is 37.7 Å². The summed E-state index contributed by atoms with van der Waals surface area (Å²) >= 11 is 0. The molecule has 8 heteroatoms. The van der Waals surface area contributed by atoms with Crippen molar-refractivity contribution in [1.82, 2.24) is 29.7 Å². The van der Waals surface area contributed by atoms with Crippen LogP contribution in [0.4, 0.5) is 0 Å². The van der Waals surface area contributed by atoms with E-state index >= 15 is 0 Å². The number of fused-ring (bicyclic) bond motifs is 1. The van der Waals surface area contributed by atoms with Gasteiger partial charge in [0.15, 0.2) is 5.65 Å². The number of nitrogens with one attached hydrogen (secondary N) is 1. The zero-order chi connectivity index (χ0) is 18.1. The van der Waals surface area contributed by atoms with Crippen LogP contribution in [0.1, 0.15) is 35.8 Å². The molecule has 0 radical (unpaired) electrons. The normalized spacial score (nSPS) is 17.1. The highest BCUT2D eigenvalue weighted by atomic mass is 16.5. The number of rotatable bonds is 5. The van der Waals surface area contributed by atoms with Crippen LogP contribution in [-0.2, 0) is 11.3 Å². The second kappa shape index (κ2) is 6.87. The molecule has 0 spiro atoms. The van der Waals surface area contributed by atoms with Gasteiger partial charge >= 0.3 is 0 Å². The van der Waals surface area contributed by atoms with Gasteiger partial charge in [-0.1, -0.05) is 0 Å². The van der Waals surface area contributed by atoms with Crippen molar-refractivity contribution < 1.29 is 9.53 Å². The number of aromatic nitrogens is 5. The van der Waals surface area contributed by atoms with Crippen LogP contribution in [0.5, 0.6) is 0 Å².